The van der Waals surface area contributed by atoms with Crippen LogP contribution < -0.4 is 0 Å². The molecule has 0 saturated carbocycles. The van der Waals surface area contributed by atoms with Gasteiger partial charge in [-0.05, 0) is 0 Å². The van der Waals surface area contributed by atoms with Crippen LogP contribution in [-0.4, -0.2) is 0 Å². The Morgan fingerprint density at radius 2 is 0.600 bits per heavy atom. The van der Waals surface area contributed by atoms with Gasteiger partial charge >= 0.3 is 0 Å². The molecule has 0 amide bonds. The summed E-state index contributed by atoms with van der Waals surface area (Å²) in [4.78, 5) is 0. The Labute approximate surface area is 71.3 Å². The summed E-state index contributed by atoms with van der Waals surface area (Å²) in [5.41, 5.74) is 0. The van der Waals surface area contributed by atoms with Gasteiger partial charge in [-0.3, -0.25) is 0 Å². The molecule has 0 rings (SSSR count). The van der Waals surface area contributed by atoms with Crippen molar-refractivity contribution in [3.8, 4) is 0 Å². The maximum absolute atomic E-state index is 0. The van der Waals surface area contributed by atoms with Crippen LogP contribution in [0.25, 0.3) is 0 Å². The molecule has 0 aromatic rings. The molecule has 1 radical (unpaired) electrons. The molecule has 0 aliphatic rings. The predicted molar refractivity (Wildman–Crippen MR) is 21.7 cm³/mol. The van der Waals surface area contributed by atoms with Crippen molar-refractivity contribution in [1.82, 2.24) is 0 Å². The fourth-order valence-corrected chi connectivity index (χ4v) is 0. The monoisotopic (exact) mass is 223 g/mol. The van der Waals surface area contributed by atoms with Crippen LogP contribution in [0.4, 0.5) is 0 Å². The Morgan fingerprint density at radius 1 is 0.600 bits per heavy atom. The zero-order valence-electron chi connectivity index (χ0n) is 1.93. The summed E-state index contributed by atoms with van der Waals surface area (Å²) >= 11 is 0. The standard InChI is InChI=1S/3ClH.Cr.Cu/h3*1H;;. The summed E-state index contributed by atoms with van der Waals surface area (Å²) in [6.45, 7) is 0. The number of hydrogen-bond donors (Lipinski definition) is 0. The molecule has 0 atom stereocenters. The van der Waals surface area contributed by atoms with Crippen molar-refractivity contribution in [3.05, 3.63) is 0 Å². The number of rotatable bonds is 0. The largest absolute Gasteiger partial charge is 0.147 e. The molecule has 0 fully saturated rings. The average Bonchev–Trinajstić information content (AvgIpc) is 0. The van der Waals surface area contributed by atoms with E-state index in [0.29, 0.717) is 0 Å². The van der Waals surface area contributed by atoms with E-state index in [0.717, 1.165) is 0 Å². The first-order chi connectivity index (χ1) is 0. The molecule has 0 unspecified atom stereocenters. The fraction of sp³-hybridized carbons (Fsp3) is 0. The summed E-state index contributed by atoms with van der Waals surface area (Å²) in [6, 6.07) is 0. The Hall–Kier alpha value is 1.92. The van der Waals surface area contributed by atoms with E-state index in [9.17, 15) is 0 Å². The van der Waals surface area contributed by atoms with Gasteiger partial charge in [0, 0.05) is 34.4 Å². The second kappa shape index (κ2) is 38.8. The van der Waals surface area contributed by atoms with Gasteiger partial charge in [0.25, 0.3) is 0 Å². The van der Waals surface area contributed by atoms with E-state index in [4.69, 9.17) is 0 Å². The molecule has 41 valence electrons. The van der Waals surface area contributed by atoms with Gasteiger partial charge in [0.1, 0.15) is 0 Å². The first-order valence-electron chi connectivity index (χ1n) is 0. The van der Waals surface area contributed by atoms with Crippen LogP contribution in [-0.2, 0) is 34.4 Å². The molecule has 5 heteroatoms. The molecule has 0 aromatic heterocycles. The first kappa shape index (κ1) is 65.7. The SMILES string of the molecule is Cl.Cl.Cl.[Cr].[Cu]. The smallest absolute Gasteiger partial charge is 0 e. The van der Waals surface area contributed by atoms with Crippen molar-refractivity contribution >= 4 is 37.2 Å². The molecule has 0 aliphatic heterocycles. The van der Waals surface area contributed by atoms with Crippen molar-refractivity contribution in [2.24, 2.45) is 0 Å². The van der Waals surface area contributed by atoms with E-state index in [-0.39, 0.29) is 71.7 Å². The van der Waals surface area contributed by atoms with E-state index in [1.807, 2.05) is 0 Å². The summed E-state index contributed by atoms with van der Waals surface area (Å²) < 4.78 is 0. The quantitative estimate of drug-likeness (QED) is 0.544. The van der Waals surface area contributed by atoms with Crippen LogP contribution in [0.15, 0.2) is 0 Å². The first-order valence-corrected chi connectivity index (χ1v) is 0. The molecule has 5 heavy (non-hydrogen) atoms. The van der Waals surface area contributed by atoms with E-state index in [1.165, 1.54) is 0 Å². The molecule has 0 N–H and O–H groups in total. The van der Waals surface area contributed by atoms with Gasteiger partial charge in [-0.15, -0.1) is 37.2 Å². The maximum Gasteiger partial charge on any atom is 0 e. The van der Waals surface area contributed by atoms with Crippen molar-refractivity contribution in [2.45, 2.75) is 0 Å². The Balaban J connectivity index is 0. The van der Waals surface area contributed by atoms with Crippen LogP contribution in [0.3, 0.4) is 0 Å². The predicted octanol–water partition coefficient (Wildman–Crippen LogP) is 1.26. The van der Waals surface area contributed by atoms with Gasteiger partial charge in [-0.2, -0.15) is 0 Å². The van der Waals surface area contributed by atoms with Gasteiger partial charge in [0.15, 0.2) is 0 Å². The molecule has 0 nitrogen and oxygen atoms in total. The van der Waals surface area contributed by atoms with E-state index < -0.39 is 0 Å². The van der Waals surface area contributed by atoms with Gasteiger partial charge in [-0.25, -0.2) is 0 Å². The zero-order valence-corrected chi connectivity index (χ0v) is 6.60. The van der Waals surface area contributed by atoms with E-state index in [2.05, 4.69) is 0 Å². The minimum Gasteiger partial charge on any atom is -0.147 e. The molecule has 0 heterocycles. The summed E-state index contributed by atoms with van der Waals surface area (Å²) in [5, 5.41) is 0. The van der Waals surface area contributed by atoms with Crippen molar-refractivity contribution in [1.29, 1.82) is 0 Å². The molecule has 0 bridgehead atoms. The molecule has 0 saturated heterocycles. The van der Waals surface area contributed by atoms with E-state index >= 15 is 0 Å². The van der Waals surface area contributed by atoms with Gasteiger partial charge < -0.3 is 0 Å². The van der Waals surface area contributed by atoms with Crippen molar-refractivity contribution in [2.75, 3.05) is 0 Å². The van der Waals surface area contributed by atoms with Crippen molar-refractivity contribution in [3.63, 3.8) is 0 Å². The summed E-state index contributed by atoms with van der Waals surface area (Å²) in [5.74, 6) is 0. The normalized spacial score (nSPS) is 0. The Morgan fingerprint density at radius 3 is 0.600 bits per heavy atom. The third kappa shape index (κ3) is 24.7. The third-order valence-electron chi connectivity index (χ3n) is 0. The molecule has 0 aliphatic carbocycles. The minimum absolute atomic E-state index is 0. The van der Waals surface area contributed by atoms with Crippen LogP contribution in [0.5, 0.6) is 0 Å². The maximum atomic E-state index is 0. The summed E-state index contributed by atoms with van der Waals surface area (Å²) in [7, 11) is 0. The fourth-order valence-electron chi connectivity index (χ4n) is 0. The van der Waals surface area contributed by atoms with Crippen LogP contribution in [0, 0.1) is 0 Å². The van der Waals surface area contributed by atoms with Crippen LogP contribution in [0.2, 0.25) is 0 Å². The van der Waals surface area contributed by atoms with Crippen molar-refractivity contribution < 1.29 is 34.4 Å². The minimum atomic E-state index is 0. The number of halogens is 3. The molecular weight excluding hydrogens is 222 g/mol. The Bertz CT molecular complexity index is 6.85. The van der Waals surface area contributed by atoms with Gasteiger partial charge in [-0.1, -0.05) is 0 Å². The second-order valence-electron chi connectivity index (χ2n) is 0. The third-order valence-corrected chi connectivity index (χ3v) is 0. The molecule has 0 aromatic carbocycles. The van der Waals surface area contributed by atoms with Crippen LogP contribution >= 0.6 is 37.2 Å². The van der Waals surface area contributed by atoms with E-state index in [1.54, 1.807) is 0 Å². The van der Waals surface area contributed by atoms with Crippen LogP contribution in [0.1, 0.15) is 0 Å². The average molecular weight is 225 g/mol. The topological polar surface area (TPSA) is 0 Å². The van der Waals surface area contributed by atoms with Gasteiger partial charge in [0.2, 0.25) is 0 Å². The molecular formula is H3Cl3CrCu. The number of hydrogen-bond acceptors (Lipinski definition) is 0. The molecule has 0 spiro atoms. The Kier molecular flexibility index (Phi) is 510. The van der Waals surface area contributed by atoms with Gasteiger partial charge in [0.05, 0.1) is 0 Å². The zero-order chi connectivity index (χ0) is 0. The summed E-state index contributed by atoms with van der Waals surface area (Å²) in [6.07, 6.45) is 0. The second-order valence-corrected chi connectivity index (χ2v) is 0.